The van der Waals surface area contributed by atoms with Crippen LogP contribution in [-0.4, -0.2) is 15.0 Å². The van der Waals surface area contributed by atoms with E-state index in [9.17, 15) is 0 Å². The molecule has 0 aliphatic heterocycles. The summed E-state index contributed by atoms with van der Waals surface area (Å²) in [5, 5.41) is 9.40. The van der Waals surface area contributed by atoms with E-state index >= 15 is 0 Å². The highest BCUT2D eigenvalue weighted by Gasteiger charge is 2.21. The summed E-state index contributed by atoms with van der Waals surface area (Å²) in [4.78, 5) is 15.9. The molecule has 0 unspecified atom stereocenters. The Morgan fingerprint density at radius 2 is 0.852 bits per heavy atom. The SMILES string of the molecule is c1ccc2c(-c3ccc(-c4nc(-c5cccc6oc7cc(-c8ccc9c(c8)sc8ccccc89)ccc7c56)nc(-c5cccc6sc7ccccc7c56)n4)cc3)cccc2c1. The second-order valence-corrected chi connectivity index (χ2v) is 17.7. The summed E-state index contributed by atoms with van der Waals surface area (Å²) in [5.74, 6) is 1.85. The van der Waals surface area contributed by atoms with Gasteiger partial charge in [0.1, 0.15) is 11.2 Å². The van der Waals surface area contributed by atoms with E-state index in [1.54, 1.807) is 11.3 Å². The number of hydrogen-bond acceptors (Lipinski definition) is 6. The molecule has 6 heteroatoms. The minimum atomic E-state index is 0.599. The molecule has 0 spiro atoms. The van der Waals surface area contributed by atoms with Crippen LogP contribution in [0.5, 0.6) is 0 Å². The molecule has 9 aromatic carbocycles. The van der Waals surface area contributed by atoms with Crippen molar-refractivity contribution in [3.8, 4) is 56.4 Å². The molecule has 0 bridgehead atoms. The number of aromatic nitrogens is 3. The first-order chi connectivity index (χ1) is 30.2. The fourth-order valence-electron chi connectivity index (χ4n) is 9.08. The summed E-state index contributed by atoms with van der Waals surface area (Å²) in [6.45, 7) is 0. The number of thiophene rings is 2. The zero-order chi connectivity index (χ0) is 40.0. The van der Waals surface area contributed by atoms with Gasteiger partial charge in [0, 0.05) is 67.8 Å². The molecule has 0 radical (unpaired) electrons. The van der Waals surface area contributed by atoms with Crippen molar-refractivity contribution >= 4 is 95.7 Å². The molecule has 61 heavy (non-hydrogen) atoms. The van der Waals surface area contributed by atoms with Crippen LogP contribution in [0.25, 0.3) is 129 Å². The van der Waals surface area contributed by atoms with Crippen LogP contribution >= 0.6 is 22.7 Å². The van der Waals surface area contributed by atoms with Gasteiger partial charge in [0.2, 0.25) is 0 Å². The molecule has 0 aliphatic rings. The monoisotopic (exact) mass is 813 g/mol. The molecule has 4 nitrogen and oxygen atoms in total. The van der Waals surface area contributed by atoms with Crippen molar-refractivity contribution in [2.45, 2.75) is 0 Å². The van der Waals surface area contributed by atoms with E-state index in [0.717, 1.165) is 60.7 Å². The first-order valence-corrected chi connectivity index (χ1v) is 22.0. The smallest absolute Gasteiger partial charge is 0.164 e. The van der Waals surface area contributed by atoms with Gasteiger partial charge in [-0.25, -0.2) is 15.0 Å². The maximum absolute atomic E-state index is 6.66. The lowest BCUT2D eigenvalue weighted by atomic mass is 9.97. The number of hydrogen-bond donors (Lipinski definition) is 0. The molecule has 0 N–H and O–H groups in total. The first-order valence-electron chi connectivity index (χ1n) is 20.3. The molecule has 284 valence electrons. The van der Waals surface area contributed by atoms with Gasteiger partial charge in [-0.3, -0.25) is 0 Å². The van der Waals surface area contributed by atoms with Crippen LogP contribution in [-0.2, 0) is 0 Å². The Bertz CT molecular complexity index is 3890. The third kappa shape index (κ3) is 5.53. The van der Waals surface area contributed by atoms with E-state index in [2.05, 4.69) is 176 Å². The summed E-state index contributed by atoms with van der Waals surface area (Å²) < 4.78 is 11.7. The predicted molar refractivity (Wildman–Crippen MR) is 258 cm³/mol. The average Bonchev–Trinajstić information content (AvgIpc) is 4.02. The molecule has 0 saturated carbocycles. The second kappa shape index (κ2) is 13.5. The Morgan fingerprint density at radius 1 is 0.311 bits per heavy atom. The highest BCUT2D eigenvalue weighted by molar-refractivity contribution is 7.26. The van der Waals surface area contributed by atoms with Crippen LogP contribution in [0.3, 0.4) is 0 Å². The molecule has 0 fully saturated rings. The zero-order valence-corrected chi connectivity index (χ0v) is 34.1. The lowest BCUT2D eigenvalue weighted by Crippen LogP contribution is -2.00. The molecule has 0 atom stereocenters. The molecule has 4 heterocycles. The van der Waals surface area contributed by atoms with Gasteiger partial charge >= 0.3 is 0 Å². The Labute approximate surface area is 357 Å². The highest BCUT2D eigenvalue weighted by Crippen LogP contribution is 2.43. The summed E-state index contributed by atoms with van der Waals surface area (Å²) in [6.07, 6.45) is 0. The summed E-state index contributed by atoms with van der Waals surface area (Å²) in [7, 11) is 0. The Morgan fingerprint density at radius 3 is 1.69 bits per heavy atom. The van der Waals surface area contributed by atoms with E-state index in [4.69, 9.17) is 19.4 Å². The molecule has 13 aromatic rings. The maximum Gasteiger partial charge on any atom is 0.164 e. The molecule has 0 aliphatic carbocycles. The zero-order valence-electron chi connectivity index (χ0n) is 32.5. The van der Waals surface area contributed by atoms with E-state index < -0.39 is 0 Å². The molecule has 0 amide bonds. The quantitative estimate of drug-likeness (QED) is 0.174. The van der Waals surface area contributed by atoms with Crippen LogP contribution in [0.2, 0.25) is 0 Å². The van der Waals surface area contributed by atoms with Crippen molar-refractivity contribution < 1.29 is 4.42 Å². The summed E-state index contributed by atoms with van der Waals surface area (Å²) >= 11 is 3.63. The van der Waals surface area contributed by atoms with Crippen LogP contribution < -0.4 is 0 Å². The topological polar surface area (TPSA) is 51.8 Å². The predicted octanol–water partition coefficient (Wildman–Crippen LogP) is 16.0. The van der Waals surface area contributed by atoms with Crippen LogP contribution in [0.4, 0.5) is 0 Å². The molecular weight excluding hydrogens is 783 g/mol. The lowest BCUT2D eigenvalue weighted by molar-refractivity contribution is 0.669. The van der Waals surface area contributed by atoms with Gasteiger partial charge in [0.05, 0.1) is 0 Å². The fraction of sp³-hybridized carbons (Fsp3) is 0. The summed E-state index contributed by atoms with van der Waals surface area (Å²) in [5.41, 5.74) is 9.02. The van der Waals surface area contributed by atoms with Crippen molar-refractivity contribution in [3.05, 3.63) is 188 Å². The van der Waals surface area contributed by atoms with Crippen molar-refractivity contribution in [3.63, 3.8) is 0 Å². The van der Waals surface area contributed by atoms with Gasteiger partial charge in [-0.05, 0) is 75.5 Å². The number of nitrogens with zero attached hydrogens (tertiary/aromatic N) is 3. The average molecular weight is 814 g/mol. The van der Waals surface area contributed by atoms with Gasteiger partial charge in [0.15, 0.2) is 17.5 Å². The Hall–Kier alpha value is -7.51. The van der Waals surface area contributed by atoms with E-state index in [1.165, 1.54) is 51.3 Å². The van der Waals surface area contributed by atoms with Gasteiger partial charge in [0.25, 0.3) is 0 Å². The first kappa shape index (κ1) is 34.4. The molecule has 4 aromatic heterocycles. The van der Waals surface area contributed by atoms with Crippen molar-refractivity contribution in [2.75, 3.05) is 0 Å². The number of furan rings is 1. The normalized spacial score (nSPS) is 11.9. The van der Waals surface area contributed by atoms with Crippen molar-refractivity contribution in [2.24, 2.45) is 0 Å². The van der Waals surface area contributed by atoms with Crippen molar-refractivity contribution in [1.82, 2.24) is 15.0 Å². The Kier molecular flexibility index (Phi) is 7.61. The van der Waals surface area contributed by atoms with Crippen LogP contribution in [0, 0.1) is 0 Å². The van der Waals surface area contributed by atoms with Gasteiger partial charge < -0.3 is 4.42 Å². The number of rotatable bonds is 5. The lowest BCUT2D eigenvalue weighted by Gasteiger charge is -2.11. The minimum Gasteiger partial charge on any atom is -0.456 e. The minimum absolute atomic E-state index is 0.599. The third-order valence-corrected chi connectivity index (χ3v) is 14.2. The van der Waals surface area contributed by atoms with E-state index in [0.29, 0.717) is 17.5 Å². The van der Waals surface area contributed by atoms with Crippen LogP contribution in [0.15, 0.2) is 192 Å². The molecular formula is C55H31N3OS2. The van der Waals surface area contributed by atoms with Gasteiger partial charge in [-0.1, -0.05) is 146 Å². The number of fused-ring (bicyclic) bond motifs is 10. The largest absolute Gasteiger partial charge is 0.456 e. The highest BCUT2D eigenvalue weighted by atomic mass is 32.1. The molecule has 0 saturated heterocycles. The van der Waals surface area contributed by atoms with E-state index in [1.807, 2.05) is 23.5 Å². The fourth-order valence-corrected chi connectivity index (χ4v) is 11.4. The Balaban J connectivity index is 0.979. The van der Waals surface area contributed by atoms with Gasteiger partial charge in [-0.15, -0.1) is 22.7 Å². The standard InChI is InChI=1S/C55H31N3OS2/c1-2-12-37-32(10-1)11-7-15-38(37)33-22-24-34(25-23-33)53-56-54(58-55(57-53)44-17-9-21-49-52(44)42-14-4-6-20-48(42)60-49)43-16-8-18-45-51(43)41-29-27-35(30-46(41)59-45)36-26-28-40-39-13-3-5-19-47(39)61-50(40)31-36/h1-31H. The second-order valence-electron chi connectivity index (χ2n) is 15.5. The third-order valence-electron chi connectivity index (χ3n) is 12.0. The number of benzene rings is 9. The summed E-state index contributed by atoms with van der Waals surface area (Å²) in [6, 6.07) is 66.7. The van der Waals surface area contributed by atoms with Crippen molar-refractivity contribution in [1.29, 1.82) is 0 Å². The van der Waals surface area contributed by atoms with E-state index in [-0.39, 0.29) is 0 Å². The maximum atomic E-state index is 6.66. The van der Waals surface area contributed by atoms with Crippen LogP contribution in [0.1, 0.15) is 0 Å². The van der Waals surface area contributed by atoms with Gasteiger partial charge in [-0.2, -0.15) is 0 Å². The molecule has 13 rings (SSSR count).